The third-order valence-electron chi connectivity index (χ3n) is 8.10. The highest BCUT2D eigenvalue weighted by Gasteiger charge is 2.43. The van der Waals surface area contributed by atoms with E-state index < -0.39 is 11.2 Å². The Morgan fingerprint density at radius 2 is 1.97 bits per heavy atom. The predicted molar refractivity (Wildman–Crippen MR) is 142 cm³/mol. The number of carbonyl (C=O) groups is 1. The molecule has 1 aliphatic heterocycles. The number of ether oxygens (including phenoxy) is 1. The summed E-state index contributed by atoms with van der Waals surface area (Å²) in [5.74, 6) is 0.691. The molecular formula is C29H32BrNO5. The number of benzene rings is 2. The van der Waals surface area contributed by atoms with Gasteiger partial charge in [0.15, 0.2) is 0 Å². The monoisotopic (exact) mass is 553 g/mol. The van der Waals surface area contributed by atoms with Crippen molar-refractivity contribution in [3.05, 3.63) is 73.5 Å². The molecule has 1 aliphatic carbocycles. The first-order chi connectivity index (χ1) is 17.3. The zero-order valence-electron chi connectivity index (χ0n) is 20.8. The maximum absolute atomic E-state index is 13.2. The summed E-state index contributed by atoms with van der Waals surface area (Å²) in [5.41, 5.74) is 2.31. The molecule has 6 nitrogen and oxygen atoms in total. The van der Waals surface area contributed by atoms with Crippen molar-refractivity contribution in [3.63, 3.8) is 0 Å². The molecule has 1 aromatic heterocycles. The van der Waals surface area contributed by atoms with E-state index in [-0.39, 0.29) is 18.2 Å². The molecule has 5 rings (SSSR count). The van der Waals surface area contributed by atoms with Crippen LogP contribution < -0.4 is 10.4 Å². The molecule has 0 spiro atoms. The lowest BCUT2D eigenvalue weighted by molar-refractivity contribution is -0.142. The fourth-order valence-corrected chi connectivity index (χ4v) is 6.16. The molecule has 7 heteroatoms. The van der Waals surface area contributed by atoms with E-state index in [2.05, 4.69) is 15.9 Å². The van der Waals surface area contributed by atoms with Gasteiger partial charge in [0.2, 0.25) is 5.91 Å². The number of amides is 1. The summed E-state index contributed by atoms with van der Waals surface area (Å²) in [6, 6.07) is 11.7. The minimum atomic E-state index is -0.638. The largest absolute Gasteiger partial charge is 0.488 e. The Labute approximate surface area is 219 Å². The van der Waals surface area contributed by atoms with Crippen LogP contribution in [0.15, 0.2) is 50.1 Å². The van der Waals surface area contributed by atoms with Gasteiger partial charge in [-0.3, -0.25) is 4.79 Å². The summed E-state index contributed by atoms with van der Waals surface area (Å²) in [4.78, 5) is 28.0. The van der Waals surface area contributed by atoms with Crippen LogP contribution in [0.1, 0.15) is 54.4 Å². The van der Waals surface area contributed by atoms with Crippen LogP contribution in [-0.2, 0) is 17.8 Å². The molecule has 2 heterocycles. The van der Waals surface area contributed by atoms with Crippen LogP contribution in [0.25, 0.3) is 11.0 Å². The molecule has 0 radical (unpaired) electrons. The summed E-state index contributed by atoms with van der Waals surface area (Å²) >= 11 is 3.54. The average Bonchev–Trinajstić information content (AvgIpc) is 2.86. The predicted octanol–water partition coefficient (Wildman–Crippen LogP) is 5.45. The fourth-order valence-electron chi connectivity index (χ4n) is 5.76. The second-order valence-corrected chi connectivity index (χ2v) is 11.1. The topological polar surface area (TPSA) is 80.0 Å². The molecule has 2 aliphatic rings. The van der Waals surface area contributed by atoms with Crippen LogP contribution in [0.2, 0.25) is 0 Å². The summed E-state index contributed by atoms with van der Waals surface area (Å²) in [6.07, 6.45) is 4.53. The van der Waals surface area contributed by atoms with Crippen molar-refractivity contribution in [2.45, 2.75) is 64.6 Å². The molecule has 2 fully saturated rings. The van der Waals surface area contributed by atoms with Crippen molar-refractivity contribution < 1.29 is 19.1 Å². The highest BCUT2D eigenvalue weighted by molar-refractivity contribution is 9.10. The van der Waals surface area contributed by atoms with Gasteiger partial charge >= 0.3 is 5.63 Å². The third-order valence-corrected chi connectivity index (χ3v) is 8.88. The second kappa shape index (κ2) is 10.0. The standard InChI is InChI=1S/C29H32BrNO5/c1-18-22-10-11-25(35-17-20-7-3-4-9-24(20)30)19(2)27(22)36-28(33)23(18)15-26(32)31-14-13-29(34)12-6-5-8-21(29)16-31/h3-4,7,9-11,21,34H,5-6,8,12-17H2,1-2H3/t21-,29-/m1/s1. The van der Waals surface area contributed by atoms with Gasteiger partial charge < -0.3 is 19.2 Å². The van der Waals surface area contributed by atoms with E-state index in [1.54, 1.807) is 0 Å². The van der Waals surface area contributed by atoms with E-state index in [1.807, 2.05) is 55.1 Å². The molecule has 36 heavy (non-hydrogen) atoms. The fraction of sp³-hybridized carbons (Fsp3) is 0.448. The Morgan fingerprint density at radius 3 is 2.78 bits per heavy atom. The minimum absolute atomic E-state index is 0.00852. The van der Waals surface area contributed by atoms with Crippen LogP contribution in [0.4, 0.5) is 0 Å². The first-order valence-corrected chi connectivity index (χ1v) is 13.5. The van der Waals surface area contributed by atoms with Crippen molar-refractivity contribution in [1.82, 2.24) is 4.90 Å². The van der Waals surface area contributed by atoms with Gasteiger partial charge in [-0.25, -0.2) is 4.79 Å². The van der Waals surface area contributed by atoms with Gasteiger partial charge in [-0.1, -0.05) is 47.0 Å². The van der Waals surface area contributed by atoms with Crippen LogP contribution >= 0.6 is 15.9 Å². The molecule has 0 bridgehead atoms. The number of hydrogen-bond donors (Lipinski definition) is 1. The van der Waals surface area contributed by atoms with Crippen molar-refractivity contribution in [3.8, 4) is 5.75 Å². The van der Waals surface area contributed by atoms with Gasteiger partial charge in [0, 0.05) is 40.0 Å². The lowest BCUT2D eigenvalue weighted by atomic mass is 9.71. The molecule has 2 aromatic carbocycles. The molecule has 2 atom stereocenters. The number of carbonyl (C=O) groups excluding carboxylic acids is 1. The maximum Gasteiger partial charge on any atom is 0.340 e. The molecule has 3 aromatic rings. The Kier molecular flexibility index (Phi) is 6.97. The van der Waals surface area contributed by atoms with Crippen LogP contribution in [0.3, 0.4) is 0 Å². The Hall–Kier alpha value is -2.64. The summed E-state index contributed by atoms with van der Waals surface area (Å²) < 4.78 is 12.8. The highest BCUT2D eigenvalue weighted by atomic mass is 79.9. The van der Waals surface area contributed by atoms with E-state index in [1.165, 1.54) is 0 Å². The number of nitrogens with zero attached hydrogens (tertiary/aromatic N) is 1. The molecule has 190 valence electrons. The van der Waals surface area contributed by atoms with Crippen LogP contribution in [-0.4, -0.2) is 34.6 Å². The Balaban J connectivity index is 1.35. The number of likely N-dealkylation sites (tertiary alicyclic amines) is 1. The SMILES string of the molecule is Cc1c(CC(=O)N2CC[C@]3(O)CCCC[C@@H]3C2)c(=O)oc2c(C)c(OCc3ccccc3Br)ccc12. The molecule has 1 saturated heterocycles. The van der Waals surface area contributed by atoms with Crippen molar-refractivity contribution >= 4 is 32.8 Å². The number of rotatable bonds is 5. The van der Waals surface area contributed by atoms with E-state index in [0.717, 1.165) is 52.2 Å². The van der Waals surface area contributed by atoms with Crippen molar-refractivity contribution in [2.75, 3.05) is 13.1 Å². The van der Waals surface area contributed by atoms with Gasteiger partial charge in [-0.2, -0.15) is 0 Å². The highest BCUT2D eigenvalue weighted by Crippen LogP contribution is 2.40. The normalized spacial score (nSPS) is 21.9. The lowest BCUT2D eigenvalue weighted by Gasteiger charge is -2.47. The number of piperidine rings is 1. The van der Waals surface area contributed by atoms with E-state index >= 15 is 0 Å². The van der Waals surface area contributed by atoms with Crippen molar-refractivity contribution in [2.24, 2.45) is 5.92 Å². The first kappa shape index (κ1) is 25.0. The average molecular weight is 554 g/mol. The Morgan fingerprint density at radius 1 is 1.17 bits per heavy atom. The third kappa shape index (κ3) is 4.71. The van der Waals surface area contributed by atoms with E-state index in [4.69, 9.17) is 9.15 Å². The quantitative estimate of drug-likeness (QED) is 0.425. The van der Waals surface area contributed by atoms with Crippen LogP contribution in [0, 0.1) is 19.8 Å². The molecule has 1 saturated carbocycles. The van der Waals surface area contributed by atoms with Gasteiger partial charge in [0.1, 0.15) is 17.9 Å². The number of aryl methyl sites for hydroxylation is 2. The molecule has 0 unspecified atom stereocenters. The number of fused-ring (bicyclic) bond motifs is 2. The zero-order chi connectivity index (χ0) is 25.4. The number of aliphatic hydroxyl groups is 1. The van der Waals surface area contributed by atoms with Gasteiger partial charge in [0.25, 0.3) is 0 Å². The Bertz CT molecular complexity index is 1370. The molecule has 1 amide bonds. The van der Waals surface area contributed by atoms with Gasteiger partial charge in [0.05, 0.1) is 17.6 Å². The van der Waals surface area contributed by atoms with Gasteiger partial charge in [-0.05, 0) is 56.9 Å². The molecule has 1 N–H and O–H groups in total. The summed E-state index contributed by atoms with van der Waals surface area (Å²) in [6.45, 7) is 5.23. The smallest absolute Gasteiger partial charge is 0.340 e. The second-order valence-electron chi connectivity index (χ2n) is 10.3. The maximum atomic E-state index is 13.2. The lowest BCUT2D eigenvalue weighted by Crippen LogP contribution is -2.55. The van der Waals surface area contributed by atoms with E-state index in [0.29, 0.717) is 43.0 Å². The summed E-state index contributed by atoms with van der Waals surface area (Å²) in [7, 11) is 0. The van der Waals surface area contributed by atoms with Crippen LogP contribution in [0.5, 0.6) is 5.75 Å². The minimum Gasteiger partial charge on any atom is -0.488 e. The number of hydrogen-bond acceptors (Lipinski definition) is 5. The first-order valence-electron chi connectivity index (χ1n) is 12.7. The zero-order valence-corrected chi connectivity index (χ0v) is 22.4. The summed E-state index contributed by atoms with van der Waals surface area (Å²) in [5, 5.41) is 11.7. The van der Waals surface area contributed by atoms with Gasteiger partial charge in [-0.15, -0.1) is 0 Å². The number of halogens is 1. The van der Waals surface area contributed by atoms with Crippen molar-refractivity contribution in [1.29, 1.82) is 0 Å². The van der Waals surface area contributed by atoms with E-state index in [9.17, 15) is 14.7 Å². The molecular weight excluding hydrogens is 522 g/mol.